The zero-order valence-electron chi connectivity index (χ0n) is 9.24. The molecule has 0 amide bonds. The van der Waals surface area contributed by atoms with E-state index in [-0.39, 0.29) is 23.3 Å². The van der Waals surface area contributed by atoms with Crippen LogP contribution in [0.5, 0.6) is 0 Å². The Hall–Kier alpha value is -1.98. The van der Waals surface area contributed by atoms with Gasteiger partial charge in [0.05, 0.1) is 17.3 Å². The average Bonchev–Trinajstić information content (AvgIpc) is 2.60. The van der Waals surface area contributed by atoms with E-state index in [0.717, 1.165) is 0 Å². The third-order valence-electron chi connectivity index (χ3n) is 2.63. The van der Waals surface area contributed by atoms with Crippen molar-refractivity contribution in [2.24, 2.45) is 10.8 Å². The SMILES string of the molecule is CC1CC(c2c(F)cccc2F)=NN1C(=N)N. The molecule has 1 heterocycles. The van der Waals surface area contributed by atoms with E-state index in [0.29, 0.717) is 6.42 Å². The first-order chi connectivity index (χ1) is 8.00. The Kier molecular flexibility index (Phi) is 2.79. The van der Waals surface area contributed by atoms with E-state index in [1.165, 1.54) is 23.2 Å². The molecule has 17 heavy (non-hydrogen) atoms. The Morgan fingerprint density at radius 2 is 2.06 bits per heavy atom. The molecule has 0 saturated heterocycles. The van der Waals surface area contributed by atoms with Gasteiger partial charge in [-0.25, -0.2) is 13.8 Å². The highest BCUT2D eigenvalue weighted by Gasteiger charge is 2.28. The Bertz CT molecular complexity index is 478. The van der Waals surface area contributed by atoms with Crippen molar-refractivity contribution in [1.82, 2.24) is 5.01 Å². The van der Waals surface area contributed by atoms with Crippen LogP contribution in [-0.2, 0) is 0 Å². The van der Waals surface area contributed by atoms with E-state index < -0.39 is 11.6 Å². The lowest BCUT2D eigenvalue weighted by Crippen LogP contribution is -2.35. The van der Waals surface area contributed by atoms with Gasteiger partial charge in [-0.15, -0.1) is 0 Å². The van der Waals surface area contributed by atoms with Gasteiger partial charge in [0.2, 0.25) is 5.96 Å². The van der Waals surface area contributed by atoms with Gasteiger partial charge in [0.25, 0.3) is 0 Å². The van der Waals surface area contributed by atoms with E-state index in [4.69, 9.17) is 11.1 Å². The van der Waals surface area contributed by atoms with Gasteiger partial charge < -0.3 is 5.73 Å². The smallest absolute Gasteiger partial charge is 0.209 e. The van der Waals surface area contributed by atoms with E-state index in [2.05, 4.69) is 5.10 Å². The minimum absolute atomic E-state index is 0.136. The molecule has 0 radical (unpaired) electrons. The van der Waals surface area contributed by atoms with Crippen molar-refractivity contribution in [1.29, 1.82) is 5.41 Å². The van der Waals surface area contributed by atoms with E-state index in [1.54, 1.807) is 6.92 Å². The maximum absolute atomic E-state index is 13.5. The first kappa shape index (κ1) is 11.5. The Balaban J connectivity index is 2.43. The lowest BCUT2D eigenvalue weighted by Gasteiger charge is -2.16. The van der Waals surface area contributed by atoms with Crippen molar-refractivity contribution in [2.75, 3.05) is 0 Å². The molecule has 1 aromatic carbocycles. The zero-order chi connectivity index (χ0) is 12.6. The highest BCUT2D eigenvalue weighted by atomic mass is 19.1. The van der Waals surface area contributed by atoms with Gasteiger partial charge in [-0.05, 0) is 19.1 Å². The molecule has 90 valence electrons. The second kappa shape index (κ2) is 4.12. The number of hydrazone groups is 1. The Morgan fingerprint density at radius 3 is 2.53 bits per heavy atom. The molecule has 3 N–H and O–H groups in total. The summed E-state index contributed by atoms with van der Waals surface area (Å²) in [7, 11) is 0. The number of guanidine groups is 1. The van der Waals surface area contributed by atoms with Crippen LogP contribution < -0.4 is 5.73 Å². The van der Waals surface area contributed by atoms with Crippen molar-refractivity contribution in [2.45, 2.75) is 19.4 Å². The third kappa shape index (κ3) is 1.98. The van der Waals surface area contributed by atoms with Gasteiger partial charge in [-0.1, -0.05) is 6.07 Å². The second-order valence-electron chi connectivity index (χ2n) is 3.93. The molecular formula is C11H12F2N4. The summed E-state index contributed by atoms with van der Waals surface area (Å²) in [6.07, 6.45) is 0.359. The minimum atomic E-state index is -0.652. The number of halogens is 2. The van der Waals surface area contributed by atoms with Crippen LogP contribution in [0.2, 0.25) is 0 Å². The van der Waals surface area contributed by atoms with E-state index in [1.807, 2.05) is 0 Å². The van der Waals surface area contributed by atoms with Crippen LogP contribution in [0.15, 0.2) is 23.3 Å². The summed E-state index contributed by atoms with van der Waals surface area (Å²) in [4.78, 5) is 0. The van der Waals surface area contributed by atoms with Gasteiger partial charge in [0.15, 0.2) is 0 Å². The van der Waals surface area contributed by atoms with Crippen LogP contribution in [0.1, 0.15) is 18.9 Å². The fourth-order valence-corrected chi connectivity index (χ4v) is 1.85. The first-order valence-electron chi connectivity index (χ1n) is 5.16. The molecule has 4 nitrogen and oxygen atoms in total. The second-order valence-corrected chi connectivity index (χ2v) is 3.93. The quantitative estimate of drug-likeness (QED) is 0.577. The predicted molar refractivity (Wildman–Crippen MR) is 60.7 cm³/mol. The Labute approximate surface area is 97.2 Å². The van der Waals surface area contributed by atoms with Crippen LogP contribution in [-0.4, -0.2) is 22.7 Å². The van der Waals surface area contributed by atoms with Crippen LogP contribution in [0, 0.1) is 17.0 Å². The molecule has 1 aliphatic rings. The van der Waals surface area contributed by atoms with Crippen LogP contribution in [0.25, 0.3) is 0 Å². The molecule has 2 rings (SSSR count). The van der Waals surface area contributed by atoms with Crippen LogP contribution in [0.3, 0.4) is 0 Å². The zero-order valence-corrected chi connectivity index (χ0v) is 9.24. The highest BCUT2D eigenvalue weighted by molar-refractivity contribution is 6.03. The molecule has 1 atom stereocenters. The number of nitrogens with zero attached hydrogens (tertiary/aromatic N) is 2. The third-order valence-corrected chi connectivity index (χ3v) is 2.63. The molecule has 1 unspecified atom stereocenters. The summed E-state index contributed by atoms with van der Waals surface area (Å²) >= 11 is 0. The molecule has 6 heteroatoms. The maximum atomic E-state index is 13.5. The van der Waals surface area contributed by atoms with E-state index in [9.17, 15) is 8.78 Å². The normalized spacial score (nSPS) is 19.4. The first-order valence-corrected chi connectivity index (χ1v) is 5.16. The van der Waals surface area contributed by atoms with Crippen molar-refractivity contribution >= 4 is 11.7 Å². The summed E-state index contributed by atoms with van der Waals surface area (Å²) in [5, 5.41) is 12.5. The summed E-state index contributed by atoms with van der Waals surface area (Å²) in [5.74, 6) is -1.54. The van der Waals surface area contributed by atoms with Crippen molar-refractivity contribution in [3.8, 4) is 0 Å². The van der Waals surface area contributed by atoms with Crippen molar-refractivity contribution < 1.29 is 8.78 Å². The van der Waals surface area contributed by atoms with E-state index >= 15 is 0 Å². The van der Waals surface area contributed by atoms with Gasteiger partial charge in [-0.2, -0.15) is 5.10 Å². The van der Waals surface area contributed by atoms with Crippen LogP contribution in [0.4, 0.5) is 8.78 Å². The van der Waals surface area contributed by atoms with Gasteiger partial charge in [0, 0.05) is 6.42 Å². The number of rotatable bonds is 1. The van der Waals surface area contributed by atoms with Gasteiger partial charge in [-0.3, -0.25) is 5.41 Å². The van der Waals surface area contributed by atoms with Gasteiger partial charge >= 0.3 is 0 Å². The van der Waals surface area contributed by atoms with Crippen LogP contribution >= 0.6 is 0 Å². The number of nitrogens with one attached hydrogen (secondary N) is 1. The molecule has 0 spiro atoms. The van der Waals surface area contributed by atoms with Gasteiger partial charge in [0.1, 0.15) is 11.6 Å². The summed E-state index contributed by atoms with van der Waals surface area (Å²) in [6.45, 7) is 1.79. The molecular weight excluding hydrogens is 226 g/mol. The fraction of sp³-hybridized carbons (Fsp3) is 0.273. The molecule has 0 bridgehead atoms. The minimum Gasteiger partial charge on any atom is -0.369 e. The number of hydrogen-bond donors (Lipinski definition) is 2. The number of benzene rings is 1. The molecule has 0 saturated carbocycles. The average molecular weight is 238 g/mol. The lowest BCUT2D eigenvalue weighted by atomic mass is 10.0. The topological polar surface area (TPSA) is 65.5 Å². The monoisotopic (exact) mass is 238 g/mol. The van der Waals surface area contributed by atoms with Crippen molar-refractivity contribution in [3.63, 3.8) is 0 Å². The number of nitrogens with two attached hydrogens (primary N) is 1. The molecule has 0 aromatic heterocycles. The lowest BCUT2D eigenvalue weighted by molar-refractivity contribution is 0.378. The largest absolute Gasteiger partial charge is 0.369 e. The molecule has 1 aromatic rings. The fourth-order valence-electron chi connectivity index (χ4n) is 1.85. The highest BCUT2D eigenvalue weighted by Crippen LogP contribution is 2.22. The maximum Gasteiger partial charge on any atom is 0.209 e. The molecule has 0 fully saturated rings. The Morgan fingerprint density at radius 1 is 1.47 bits per heavy atom. The molecule has 0 aliphatic carbocycles. The summed E-state index contributed by atoms with van der Waals surface area (Å²) < 4.78 is 27.1. The summed E-state index contributed by atoms with van der Waals surface area (Å²) in [5.41, 5.74) is 5.46. The predicted octanol–water partition coefficient (Wildman–Crippen LogP) is 1.66. The standard InChI is InChI=1S/C11H12F2N4/c1-6-5-9(16-17(6)11(14)15)10-7(12)3-2-4-8(10)13/h2-4,6H,5H2,1H3,(H3,14,15). The summed E-state index contributed by atoms with van der Waals surface area (Å²) in [6, 6.07) is 3.50. The number of hydrogen-bond acceptors (Lipinski definition) is 2. The van der Waals surface area contributed by atoms with Crippen molar-refractivity contribution in [3.05, 3.63) is 35.4 Å². The molecule has 1 aliphatic heterocycles.